The van der Waals surface area contributed by atoms with Gasteiger partial charge in [-0.3, -0.25) is 0 Å². The highest BCUT2D eigenvalue weighted by Gasteiger charge is 2.20. The van der Waals surface area contributed by atoms with Crippen LogP contribution < -0.4 is 10.1 Å². The zero-order valence-corrected chi connectivity index (χ0v) is 11.8. The number of hydrogen-bond acceptors (Lipinski definition) is 3. The second-order valence-electron chi connectivity index (χ2n) is 4.03. The molecule has 4 nitrogen and oxygen atoms in total. The highest BCUT2D eigenvalue weighted by molar-refractivity contribution is 5.85. The summed E-state index contributed by atoms with van der Waals surface area (Å²) < 4.78 is 5.21. The number of halogens is 1. The molecule has 0 aliphatic rings. The number of hydrogen-bond donors (Lipinski definition) is 2. The summed E-state index contributed by atoms with van der Waals surface area (Å²) in [6.45, 7) is 0. The molecule has 0 aromatic heterocycles. The number of carboxylic acids is 1. The molecule has 1 atom stereocenters. The van der Waals surface area contributed by atoms with Crippen molar-refractivity contribution in [3.05, 3.63) is 60.2 Å². The van der Waals surface area contributed by atoms with Gasteiger partial charge in [-0.2, -0.15) is 0 Å². The van der Waals surface area contributed by atoms with E-state index in [-0.39, 0.29) is 12.4 Å². The van der Waals surface area contributed by atoms with E-state index in [1.165, 1.54) is 0 Å². The van der Waals surface area contributed by atoms with Gasteiger partial charge in [-0.05, 0) is 17.7 Å². The van der Waals surface area contributed by atoms with Crippen LogP contribution in [0.25, 0.3) is 0 Å². The molecule has 0 spiro atoms. The molecule has 0 aliphatic heterocycles. The molecule has 0 aliphatic carbocycles. The van der Waals surface area contributed by atoms with Crippen molar-refractivity contribution in [1.29, 1.82) is 0 Å². The Kier molecular flexibility index (Phi) is 5.87. The Morgan fingerprint density at radius 2 is 1.70 bits per heavy atom. The van der Waals surface area contributed by atoms with E-state index in [1.54, 1.807) is 31.4 Å². The summed E-state index contributed by atoms with van der Waals surface area (Å²) in [6.07, 6.45) is 0. The van der Waals surface area contributed by atoms with Gasteiger partial charge < -0.3 is 15.2 Å². The molecule has 0 heterocycles. The van der Waals surface area contributed by atoms with E-state index in [4.69, 9.17) is 4.74 Å². The molecule has 0 bridgehead atoms. The lowest BCUT2D eigenvalue weighted by Gasteiger charge is -2.18. The van der Waals surface area contributed by atoms with Crippen LogP contribution in [0.15, 0.2) is 54.6 Å². The second kappa shape index (κ2) is 7.40. The molecule has 0 fully saturated rings. The van der Waals surface area contributed by atoms with Gasteiger partial charge in [-0.25, -0.2) is 4.79 Å². The first-order chi connectivity index (χ1) is 9.22. The normalized spacial score (nSPS) is 11.1. The summed E-state index contributed by atoms with van der Waals surface area (Å²) >= 11 is 0. The molecule has 0 amide bonds. The summed E-state index contributed by atoms with van der Waals surface area (Å²) in [6, 6.07) is 15.5. The number of aliphatic carboxylic acids is 1. The Hall–Kier alpha value is -2.20. The van der Waals surface area contributed by atoms with Crippen molar-refractivity contribution < 1.29 is 14.6 Å². The van der Waals surface area contributed by atoms with Crippen LogP contribution in [-0.2, 0) is 4.79 Å². The number of rotatable bonds is 5. The maximum absolute atomic E-state index is 11.4. The maximum atomic E-state index is 11.4. The predicted molar refractivity (Wildman–Crippen MR) is 80.7 cm³/mol. The van der Waals surface area contributed by atoms with Gasteiger partial charge in [0, 0.05) is 0 Å². The third kappa shape index (κ3) is 3.65. The van der Waals surface area contributed by atoms with Gasteiger partial charge in [0.15, 0.2) is 6.04 Å². The van der Waals surface area contributed by atoms with Gasteiger partial charge >= 0.3 is 5.97 Å². The van der Waals surface area contributed by atoms with E-state index in [2.05, 4.69) is 5.32 Å². The number of ether oxygens (including phenoxy) is 1. The molecule has 5 heteroatoms. The lowest BCUT2D eigenvalue weighted by atomic mass is 10.1. The van der Waals surface area contributed by atoms with Gasteiger partial charge in [-0.1, -0.05) is 42.5 Å². The average molecular weight is 294 g/mol. The van der Waals surface area contributed by atoms with Crippen LogP contribution in [0.4, 0.5) is 5.69 Å². The predicted octanol–water partition coefficient (Wildman–Crippen LogP) is 3.35. The Labute approximate surface area is 123 Å². The van der Waals surface area contributed by atoms with Gasteiger partial charge in [0.05, 0.1) is 12.8 Å². The van der Waals surface area contributed by atoms with Crippen LogP contribution in [0, 0.1) is 0 Å². The monoisotopic (exact) mass is 293 g/mol. The summed E-state index contributed by atoms with van der Waals surface area (Å²) in [7, 11) is 1.55. The number of carboxylic acid groups (broad SMARTS) is 1. The summed E-state index contributed by atoms with van der Waals surface area (Å²) in [5, 5.41) is 12.3. The largest absolute Gasteiger partial charge is 0.495 e. The number of methoxy groups -OCH3 is 1. The van der Waals surface area contributed by atoms with Crippen molar-refractivity contribution >= 4 is 24.1 Å². The van der Waals surface area contributed by atoms with Crippen LogP contribution in [0.3, 0.4) is 0 Å². The fraction of sp³-hybridized carbons (Fsp3) is 0.133. The second-order valence-corrected chi connectivity index (χ2v) is 4.03. The summed E-state index contributed by atoms with van der Waals surface area (Å²) in [4.78, 5) is 11.4. The Morgan fingerprint density at radius 3 is 2.30 bits per heavy atom. The number of carbonyl (C=O) groups is 1. The zero-order valence-electron chi connectivity index (χ0n) is 10.9. The van der Waals surface area contributed by atoms with Crippen molar-refractivity contribution in [3.63, 3.8) is 0 Å². The SMILES string of the molecule is COc1ccccc1NC(C(=O)O)c1ccccc1.Cl. The van der Waals surface area contributed by atoms with Crippen molar-refractivity contribution in [2.45, 2.75) is 6.04 Å². The van der Waals surface area contributed by atoms with E-state index in [0.29, 0.717) is 17.0 Å². The van der Waals surface area contributed by atoms with E-state index >= 15 is 0 Å². The molecule has 2 aromatic carbocycles. The fourth-order valence-corrected chi connectivity index (χ4v) is 1.85. The molecule has 2 N–H and O–H groups in total. The quantitative estimate of drug-likeness (QED) is 0.887. The third-order valence-electron chi connectivity index (χ3n) is 2.79. The molecule has 20 heavy (non-hydrogen) atoms. The molecule has 2 rings (SSSR count). The van der Waals surface area contributed by atoms with Crippen molar-refractivity contribution in [1.82, 2.24) is 0 Å². The topological polar surface area (TPSA) is 58.6 Å². The van der Waals surface area contributed by atoms with Crippen molar-refractivity contribution in [2.24, 2.45) is 0 Å². The first kappa shape index (κ1) is 15.9. The molecular weight excluding hydrogens is 278 g/mol. The number of nitrogens with one attached hydrogen (secondary N) is 1. The smallest absolute Gasteiger partial charge is 0.330 e. The lowest BCUT2D eigenvalue weighted by Crippen LogP contribution is -2.20. The maximum Gasteiger partial charge on any atom is 0.330 e. The van der Waals surface area contributed by atoms with Crippen LogP contribution in [0.5, 0.6) is 5.75 Å². The molecule has 0 saturated carbocycles. The first-order valence-electron chi connectivity index (χ1n) is 5.89. The van der Waals surface area contributed by atoms with Gasteiger partial charge in [0.1, 0.15) is 5.75 Å². The van der Waals surface area contributed by atoms with Gasteiger partial charge in [0.25, 0.3) is 0 Å². The highest BCUT2D eigenvalue weighted by atomic mass is 35.5. The molecule has 1 unspecified atom stereocenters. The molecule has 0 radical (unpaired) electrons. The molecular formula is C15H16ClNO3. The van der Waals surface area contributed by atoms with E-state index < -0.39 is 12.0 Å². The van der Waals surface area contributed by atoms with Crippen LogP contribution in [-0.4, -0.2) is 18.2 Å². The minimum Gasteiger partial charge on any atom is -0.495 e. The fourth-order valence-electron chi connectivity index (χ4n) is 1.85. The van der Waals surface area contributed by atoms with Gasteiger partial charge in [0.2, 0.25) is 0 Å². The number of benzene rings is 2. The molecule has 0 saturated heterocycles. The first-order valence-corrected chi connectivity index (χ1v) is 5.89. The van der Waals surface area contributed by atoms with Crippen LogP contribution >= 0.6 is 12.4 Å². The number of para-hydroxylation sites is 2. The van der Waals surface area contributed by atoms with Gasteiger partial charge in [-0.15, -0.1) is 12.4 Å². The lowest BCUT2D eigenvalue weighted by molar-refractivity contribution is -0.138. The van der Waals surface area contributed by atoms with Crippen molar-refractivity contribution in [2.75, 3.05) is 12.4 Å². The Balaban J connectivity index is 0.00000200. The molecule has 2 aromatic rings. The van der Waals surface area contributed by atoms with E-state index in [1.807, 2.05) is 30.3 Å². The van der Waals surface area contributed by atoms with Crippen LogP contribution in [0.2, 0.25) is 0 Å². The third-order valence-corrected chi connectivity index (χ3v) is 2.79. The Bertz CT molecular complexity index is 560. The summed E-state index contributed by atoms with van der Waals surface area (Å²) in [5.74, 6) is -0.318. The Morgan fingerprint density at radius 1 is 1.10 bits per heavy atom. The molecule has 106 valence electrons. The minimum absolute atomic E-state index is 0. The van der Waals surface area contributed by atoms with Crippen molar-refractivity contribution in [3.8, 4) is 5.75 Å². The minimum atomic E-state index is -0.933. The number of anilines is 1. The average Bonchev–Trinajstić information content (AvgIpc) is 2.45. The summed E-state index contributed by atoms with van der Waals surface area (Å²) in [5.41, 5.74) is 1.35. The van der Waals surface area contributed by atoms with E-state index in [0.717, 1.165) is 0 Å². The van der Waals surface area contributed by atoms with Crippen LogP contribution in [0.1, 0.15) is 11.6 Å². The van der Waals surface area contributed by atoms with E-state index in [9.17, 15) is 9.90 Å². The standard InChI is InChI=1S/C15H15NO3.ClH/c1-19-13-10-6-5-9-12(13)16-14(15(17)18)11-7-3-2-4-8-11;/h2-10,14,16H,1H3,(H,17,18);1H. The highest BCUT2D eigenvalue weighted by Crippen LogP contribution is 2.27. The zero-order chi connectivity index (χ0) is 13.7.